The van der Waals surface area contributed by atoms with Crippen LogP contribution in [0.2, 0.25) is 0 Å². The lowest BCUT2D eigenvalue weighted by molar-refractivity contribution is 0.313. The molecule has 4 rings (SSSR count). The van der Waals surface area contributed by atoms with Crippen molar-refractivity contribution in [3.63, 3.8) is 0 Å². The van der Waals surface area contributed by atoms with Crippen molar-refractivity contribution < 1.29 is 4.52 Å². The van der Waals surface area contributed by atoms with E-state index in [0.29, 0.717) is 11.7 Å². The van der Waals surface area contributed by atoms with E-state index >= 15 is 0 Å². The zero-order valence-corrected chi connectivity index (χ0v) is 12.4. The van der Waals surface area contributed by atoms with Gasteiger partial charge in [-0.3, -0.25) is 4.98 Å². The van der Waals surface area contributed by atoms with Crippen molar-refractivity contribution >= 4 is 21.6 Å². The van der Waals surface area contributed by atoms with Crippen LogP contribution in [0.1, 0.15) is 18.7 Å². The molecule has 0 unspecified atom stereocenters. The molecule has 1 aliphatic rings. The summed E-state index contributed by atoms with van der Waals surface area (Å²) in [5.74, 6) is 2.03. The number of piperidine rings is 1. The monoisotopic (exact) mass is 300 g/mol. The second kappa shape index (κ2) is 5.54. The van der Waals surface area contributed by atoms with Crippen LogP contribution in [0.4, 0.5) is 0 Å². The first kappa shape index (κ1) is 12.9. The Balaban J connectivity index is 1.55. The lowest BCUT2D eigenvalue weighted by Crippen LogP contribution is -2.28. The van der Waals surface area contributed by atoms with E-state index in [1.165, 1.54) is 12.8 Å². The van der Waals surface area contributed by atoms with Gasteiger partial charge in [-0.2, -0.15) is 4.98 Å². The van der Waals surface area contributed by atoms with E-state index in [1.807, 2.05) is 17.6 Å². The highest BCUT2D eigenvalue weighted by molar-refractivity contribution is 7.17. The lowest BCUT2D eigenvalue weighted by atomic mass is 9.95. The number of rotatable bonds is 3. The van der Waals surface area contributed by atoms with E-state index in [1.54, 1.807) is 11.3 Å². The Morgan fingerprint density at radius 3 is 3.14 bits per heavy atom. The molecule has 4 heterocycles. The highest BCUT2D eigenvalue weighted by atomic mass is 32.1. The maximum atomic E-state index is 5.41. The molecule has 1 aliphatic heterocycles. The molecular weight excluding hydrogens is 284 g/mol. The molecule has 3 aromatic heterocycles. The fourth-order valence-corrected chi connectivity index (χ4v) is 3.54. The van der Waals surface area contributed by atoms with Crippen molar-refractivity contribution in [3.8, 4) is 11.4 Å². The third-order valence-electron chi connectivity index (χ3n) is 3.95. The molecule has 0 atom stereocenters. The normalized spacial score (nSPS) is 16.6. The van der Waals surface area contributed by atoms with E-state index in [4.69, 9.17) is 4.52 Å². The molecule has 0 bridgehead atoms. The van der Waals surface area contributed by atoms with Crippen LogP contribution in [0.15, 0.2) is 28.2 Å². The first-order valence-corrected chi connectivity index (χ1v) is 8.13. The van der Waals surface area contributed by atoms with Crippen molar-refractivity contribution in [1.82, 2.24) is 20.4 Å². The average molecular weight is 300 g/mol. The minimum Gasteiger partial charge on any atom is -0.339 e. The molecule has 0 radical (unpaired) electrons. The number of pyridine rings is 1. The molecule has 0 spiro atoms. The molecule has 6 heteroatoms. The summed E-state index contributed by atoms with van der Waals surface area (Å²) >= 11 is 1.68. The Hall–Kier alpha value is -1.79. The van der Waals surface area contributed by atoms with Gasteiger partial charge in [0.25, 0.3) is 0 Å². The Kier molecular flexibility index (Phi) is 3.40. The number of thiophene rings is 1. The number of nitrogens with one attached hydrogen (secondary N) is 1. The SMILES string of the molecule is c1cc2ncc(-c3noc(CC4CCNCC4)n3)cc2s1. The fraction of sp³-hybridized carbons (Fsp3) is 0.400. The summed E-state index contributed by atoms with van der Waals surface area (Å²) in [4.78, 5) is 8.96. The minimum absolute atomic E-state index is 0.640. The van der Waals surface area contributed by atoms with Gasteiger partial charge >= 0.3 is 0 Å². The van der Waals surface area contributed by atoms with E-state index in [-0.39, 0.29) is 0 Å². The Labute approximate surface area is 126 Å². The summed E-state index contributed by atoms with van der Waals surface area (Å²) < 4.78 is 6.56. The zero-order chi connectivity index (χ0) is 14.1. The first-order valence-electron chi connectivity index (χ1n) is 7.25. The van der Waals surface area contributed by atoms with Crippen molar-refractivity contribution in [2.75, 3.05) is 13.1 Å². The largest absolute Gasteiger partial charge is 0.339 e. The second-order valence-corrected chi connectivity index (χ2v) is 6.38. The molecular formula is C15H16N4OS. The summed E-state index contributed by atoms with van der Waals surface area (Å²) in [6.07, 6.45) is 5.05. The molecule has 5 nitrogen and oxygen atoms in total. The molecule has 3 aromatic rings. The van der Waals surface area contributed by atoms with Gasteiger partial charge in [0.05, 0.1) is 10.2 Å². The summed E-state index contributed by atoms with van der Waals surface area (Å²) in [7, 11) is 0. The quantitative estimate of drug-likeness (QED) is 0.806. The molecule has 21 heavy (non-hydrogen) atoms. The van der Waals surface area contributed by atoms with E-state index < -0.39 is 0 Å². The third kappa shape index (κ3) is 2.69. The van der Waals surface area contributed by atoms with Gasteiger partial charge in [-0.05, 0) is 49.4 Å². The number of fused-ring (bicyclic) bond motifs is 1. The van der Waals surface area contributed by atoms with E-state index in [0.717, 1.165) is 41.2 Å². The predicted molar refractivity (Wildman–Crippen MR) is 82.2 cm³/mol. The summed E-state index contributed by atoms with van der Waals surface area (Å²) in [5, 5.41) is 9.52. The van der Waals surface area contributed by atoms with Crippen LogP contribution in [0.3, 0.4) is 0 Å². The number of nitrogens with zero attached hydrogens (tertiary/aromatic N) is 3. The van der Waals surface area contributed by atoms with Gasteiger partial charge in [0.1, 0.15) is 0 Å². The van der Waals surface area contributed by atoms with Crippen molar-refractivity contribution in [2.45, 2.75) is 19.3 Å². The van der Waals surface area contributed by atoms with Crippen molar-refractivity contribution in [1.29, 1.82) is 0 Å². The molecule has 0 aliphatic carbocycles. The molecule has 0 aromatic carbocycles. The van der Waals surface area contributed by atoms with Crippen LogP contribution in [0, 0.1) is 5.92 Å². The van der Waals surface area contributed by atoms with Crippen LogP contribution < -0.4 is 5.32 Å². The highest BCUT2D eigenvalue weighted by Gasteiger charge is 2.18. The zero-order valence-electron chi connectivity index (χ0n) is 11.6. The fourth-order valence-electron chi connectivity index (χ4n) is 2.76. The number of aromatic nitrogens is 3. The second-order valence-electron chi connectivity index (χ2n) is 5.44. The van der Waals surface area contributed by atoms with Crippen LogP contribution >= 0.6 is 11.3 Å². The van der Waals surface area contributed by atoms with Gasteiger partial charge < -0.3 is 9.84 Å². The van der Waals surface area contributed by atoms with Crippen molar-refractivity contribution in [2.24, 2.45) is 5.92 Å². The standard InChI is InChI=1S/C15H16N4OS/c1-4-16-5-2-10(1)7-14-18-15(19-20-14)11-8-13-12(17-9-11)3-6-21-13/h3,6,8-10,16H,1-2,4-5,7H2. The number of hydrogen-bond acceptors (Lipinski definition) is 6. The number of hydrogen-bond donors (Lipinski definition) is 1. The van der Waals surface area contributed by atoms with Gasteiger partial charge in [-0.25, -0.2) is 0 Å². The molecule has 1 saturated heterocycles. The average Bonchev–Trinajstić information content (AvgIpc) is 3.16. The topological polar surface area (TPSA) is 63.8 Å². The molecule has 1 fully saturated rings. The smallest absolute Gasteiger partial charge is 0.227 e. The van der Waals surface area contributed by atoms with Crippen LogP contribution in [0.25, 0.3) is 21.6 Å². The molecule has 0 amide bonds. The van der Waals surface area contributed by atoms with Crippen LogP contribution in [0.5, 0.6) is 0 Å². The first-order chi connectivity index (χ1) is 10.4. The molecule has 108 valence electrons. The van der Waals surface area contributed by atoms with Gasteiger partial charge in [0.15, 0.2) is 0 Å². The van der Waals surface area contributed by atoms with E-state index in [2.05, 4.69) is 26.5 Å². The third-order valence-corrected chi connectivity index (χ3v) is 4.80. The molecule has 0 saturated carbocycles. The van der Waals surface area contributed by atoms with Gasteiger partial charge in [0, 0.05) is 18.2 Å². The van der Waals surface area contributed by atoms with Crippen LogP contribution in [-0.2, 0) is 6.42 Å². The van der Waals surface area contributed by atoms with Crippen molar-refractivity contribution in [3.05, 3.63) is 29.6 Å². The Morgan fingerprint density at radius 1 is 1.33 bits per heavy atom. The van der Waals surface area contributed by atoms with Gasteiger partial charge in [0.2, 0.25) is 11.7 Å². The minimum atomic E-state index is 0.640. The summed E-state index contributed by atoms with van der Waals surface area (Å²) in [5.41, 5.74) is 1.94. The van der Waals surface area contributed by atoms with Gasteiger partial charge in [-0.1, -0.05) is 5.16 Å². The maximum absolute atomic E-state index is 5.41. The molecule has 1 N–H and O–H groups in total. The predicted octanol–water partition coefficient (Wildman–Crippen LogP) is 2.89. The van der Waals surface area contributed by atoms with Gasteiger partial charge in [-0.15, -0.1) is 11.3 Å². The maximum Gasteiger partial charge on any atom is 0.227 e. The summed E-state index contributed by atoms with van der Waals surface area (Å²) in [6.45, 7) is 2.18. The lowest BCUT2D eigenvalue weighted by Gasteiger charge is -2.20. The Bertz CT molecular complexity index is 745. The van der Waals surface area contributed by atoms with Crippen LogP contribution in [-0.4, -0.2) is 28.2 Å². The van der Waals surface area contributed by atoms with E-state index in [9.17, 15) is 0 Å². The highest BCUT2D eigenvalue weighted by Crippen LogP contribution is 2.25. The summed E-state index contributed by atoms with van der Waals surface area (Å²) in [6, 6.07) is 4.09. The Morgan fingerprint density at radius 2 is 2.24 bits per heavy atom.